The van der Waals surface area contributed by atoms with Gasteiger partial charge in [-0.1, -0.05) is 6.07 Å². The fourth-order valence-corrected chi connectivity index (χ4v) is 2.93. The number of hydrogen-bond acceptors (Lipinski definition) is 4. The minimum absolute atomic E-state index is 0.415. The quantitative estimate of drug-likeness (QED) is 0.912. The molecule has 1 unspecified atom stereocenters. The largest absolute Gasteiger partial charge is 0.357 e. The van der Waals surface area contributed by atoms with E-state index in [1.165, 1.54) is 4.88 Å². The van der Waals surface area contributed by atoms with Gasteiger partial charge in [0.25, 0.3) is 0 Å². The first-order valence-electron chi connectivity index (χ1n) is 6.53. The molecule has 3 nitrogen and oxygen atoms in total. The Labute approximate surface area is 119 Å². The Kier molecular flexibility index (Phi) is 4.56. The van der Waals surface area contributed by atoms with Crippen LogP contribution >= 0.6 is 11.3 Å². The summed E-state index contributed by atoms with van der Waals surface area (Å²) in [5, 5.41) is 2.12. The smallest absolute Gasteiger partial charge is 0.129 e. The van der Waals surface area contributed by atoms with Crippen LogP contribution in [0.2, 0.25) is 0 Å². The topological polar surface area (TPSA) is 42.1 Å². The number of hydrogen-bond donors (Lipinski definition) is 1. The third-order valence-electron chi connectivity index (χ3n) is 3.33. The maximum absolute atomic E-state index is 5.73. The molecule has 19 heavy (non-hydrogen) atoms. The number of rotatable bonds is 5. The van der Waals surface area contributed by atoms with Crippen molar-refractivity contribution in [1.82, 2.24) is 4.98 Å². The number of aryl methyl sites for hydroxylation is 1. The fraction of sp³-hybridized carbons (Fsp3) is 0.400. The Balaban J connectivity index is 2.14. The van der Waals surface area contributed by atoms with Crippen molar-refractivity contribution < 1.29 is 0 Å². The monoisotopic (exact) mass is 275 g/mol. The Morgan fingerprint density at radius 2 is 2.21 bits per heavy atom. The molecule has 0 saturated carbocycles. The van der Waals surface area contributed by atoms with Crippen molar-refractivity contribution in [3.63, 3.8) is 0 Å². The lowest BCUT2D eigenvalue weighted by Gasteiger charge is -2.26. The third-order valence-corrected chi connectivity index (χ3v) is 4.23. The molecule has 0 aromatic carbocycles. The number of pyridine rings is 1. The Morgan fingerprint density at radius 3 is 2.84 bits per heavy atom. The van der Waals surface area contributed by atoms with Crippen molar-refractivity contribution >= 4 is 17.2 Å². The molecular formula is C15H21N3S. The maximum atomic E-state index is 5.73. The third kappa shape index (κ3) is 3.55. The van der Waals surface area contributed by atoms with Crippen molar-refractivity contribution in [1.29, 1.82) is 0 Å². The molecule has 0 radical (unpaired) electrons. The predicted molar refractivity (Wildman–Crippen MR) is 82.8 cm³/mol. The Hall–Kier alpha value is -1.39. The molecule has 0 saturated heterocycles. The lowest BCUT2D eigenvalue weighted by Crippen LogP contribution is -2.31. The van der Waals surface area contributed by atoms with E-state index in [0.717, 1.165) is 23.5 Å². The van der Waals surface area contributed by atoms with E-state index in [-0.39, 0.29) is 0 Å². The summed E-state index contributed by atoms with van der Waals surface area (Å²) in [6, 6.07) is 8.83. The maximum Gasteiger partial charge on any atom is 0.129 e. The molecule has 0 amide bonds. The van der Waals surface area contributed by atoms with E-state index in [4.69, 9.17) is 5.73 Å². The first-order chi connectivity index (χ1) is 9.10. The van der Waals surface area contributed by atoms with Gasteiger partial charge in [0, 0.05) is 36.6 Å². The molecule has 0 bridgehead atoms. The molecule has 2 aromatic rings. The summed E-state index contributed by atoms with van der Waals surface area (Å²) in [6.07, 6.45) is 1.04. The molecule has 0 aliphatic carbocycles. The summed E-state index contributed by atoms with van der Waals surface area (Å²) in [7, 11) is 2.10. The van der Waals surface area contributed by atoms with Crippen LogP contribution in [0.1, 0.15) is 23.1 Å². The van der Waals surface area contributed by atoms with Gasteiger partial charge in [0.15, 0.2) is 0 Å². The van der Waals surface area contributed by atoms with Gasteiger partial charge in [-0.2, -0.15) is 0 Å². The Morgan fingerprint density at radius 1 is 1.42 bits per heavy atom. The molecule has 0 fully saturated rings. The van der Waals surface area contributed by atoms with Gasteiger partial charge >= 0.3 is 0 Å². The van der Waals surface area contributed by atoms with Gasteiger partial charge in [0.2, 0.25) is 0 Å². The van der Waals surface area contributed by atoms with Crippen LogP contribution in [-0.2, 0) is 13.0 Å². The van der Waals surface area contributed by atoms with E-state index in [1.54, 1.807) is 0 Å². The van der Waals surface area contributed by atoms with Gasteiger partial charge < -0.3 is 10.6 Å². The van der Waals surface area contributed by atoms with Crippen molar-refractivity contribution in [2.24, 2.45) is 5.73 Å². The zero-order valence-electron chi connectivity index (χ0n) is 11.8. The first kappa shape index (κ1) is 14.0. The highest BCUT2D eigenvalue weighted by atomic mass is 32.1. The SMILES string of the molecule is Cc1cc(CN)cc(N(C)C(C)Cc2cccs2)n1. The van der Waals surface area contributed by atoms with E-state index in [0.29, 0.717) is 12.6 Å². The average molecular weight is 275 g/mol. The molecule has 2 aromatic heterocycles. The van der Waals surface area contributed by atoms with Crippen LogP contribution in [0.15, 0.2) is 29.6 Å². The van der Waals surface area contributed by atoms with Gasteiger partial charge in [-0.25, -0.2) is 4.98 Å². The minimum Gasteiger partial charge on any atom is -0.357 e. The number of nitrogens with two attached hydrogens (primary N) is 1. The van der Waals surface area contributed by atoms with Crippen LogP contribution < -0.4 is 10.6 Å². The molecule has 2 N–H and O–H groups in total. The van der Waals surface area contributed by atoms with Crippen molar-refractivity contribution in [2.45, 2.75) is 32.9 Å². The zero-order valence-corrected chi connectivity index (χ0v) is 12.6. The number of likely N-dealkylation sites (N-methyl/N-ethyl adjacent to an activating group) is 1. The zero-order chi connectivity index (χ0) is 13.8. The highest BCUT2D eigenvalue weighted by molar-refractivity contribution is 7.09. The number of nitrogens with zero attached hydrogens (tertiary/aromatic N) is 2. The van der Waals surface area contributed by atoms with Crippen LogP contribution in [0.25, 0.3) is 0 Å². The second kappa shape index (κ2) is 6.17. The molecule has 0 aliphatic rings. The van der Waals surface area contributed by atoms with E-state index >= 15 is 0 Å². The molecule has 2 heterocycles. The molecule has 2 rings (SSSR count). The molecule has 4 heteroatoms. The minimum atomic E-state index is 0.415. The summed E-state index contributed by atoms with van der Waals surface area (Å²) >= 11 is 1.81. The van der Waals surface area contributed by atoms with Gasteiger partial charge in [-0.05, 0) is 43.0 Å². The first-order valence-corrected chi connectivity index (χ1v) is 7.41. The average Bonchev–Trinajstić information content (AvgIpc) is 2.89. The van der Waals surface area contributed by atoms with E-state index < -0.39 is 0 Å². The van der Waals surface area contributed by atoms with Crippen molar-refractivity contribution in [3.8, 4) is 0 Å². The van der Waals surface area contributed by atoms with Gasteiger partial charge in [-0.15, -0.1) is 11.3 Å². The fourth-order valence-electron chi connectivity index (χ4n) is 2.10. The highest BCUT2D eigenvalue weighted by Gasteiger charge is 2.13. The lowest BCUT2D eigenvalue weighted by atomic mass is 10.1. The van der Waals surface area contributed by atoms with Crippen LogP contribution in [0.3, 0.4) is 0 Å². The molecule has 102 valence electrons. The molecule has 0 aliphatic heterocycles. The number of aromatic nitrogens is 1. The predicted octanol–water partition coefficient (Wildman–Crippen LogP) is 2.98. The summed E-state index contributed by atoms with van der Waals surface area (Å²) in [4.78, 5) is 8.24. The van der Waals surface area contributed by atoms with Crippen LogP contribution in [-0.4, -0.2) is 18.1 Å². The number of anilines is 1. The standard InChI is InChI=1S/C15H21N3S/c1-11-7-13(10-16)9-15(17-11)18(3)12(2)8-14-5-4-6-19-14/h4-7,9,12H,8,10,16H2,1-3H3. The summed E-state index contributed by atoms with van der Waals surface area (Å²) in [5.41, 5.74) is 7.89. The van der Waals surface area contributed by atoms with Gasteiger partial charge in [0.05, 0.1) is 0 Å². The van der Waals surface area contributed by atoms with Crippen molar-refractivity contribution in [3.05, 3.63) is 45.8 Å². The van der Waals surface area contributed by atoms with E-state index in [1.807, 2.05) is 24.3 Å². The molecule has 0 spiro atoms. The summed E-state index contributed by atoms with van der Waals surface area (Å²) < 4.78 is 0. The van der Waals surface area contributed by atoms with Crippen LogP contribution in [0.4, 0.5) is 5.82 Å². The van der Waals surface area contributed by atoms with Crippen LogP contribution in [0.5, 0.6) is 0 Å². The second-order valence-electron chi connectivity index (χ2n) is 4.92. The molecular weight excluding hydrogens is 254 g/mol. The molecule has 1 atom stereocenters. The van der Waals surface area contributed by atoms with Crippen LogP contribution in [0, 0.1) is 6.92 Å². The normalized spacial score (nSPS) is 12.4. The van der Waals surface area contributed by atoms with Gasteiger partial charge in [0.1, 0.15) is 5.82 Å². The van der Waals surface area contributed by atoms with Gasteiger partial charge in [-0.3, -0.25) is 0 Å². The number of thiophene rings is 1. The second-order valence-corrected chi connectivity index (χ2v) is 5.95. The van der Waals surface area contributed by atoms with E-state index in [9.17, 15) is 0 Å². The highest BCUT2D eigenvalue weighted by Crippen LogP contribution is 2.19. The lowest BCUT2D eigenvalue weighted by molar-refractivity contribution is 0.679. The van der Waals surface area contributed by atoms with E-state index in [2.05, 4.69) is 47.4 Å². The summed E-state index contributed by atoms with van der Waals surface area (Å²) in [5.74, 6) is 1.00. The Bertz CT molecular complexity index is 522. The summed E-state index contributed by atoms with van der Waals surface area (Å²) in [6.45, 7) is 4.80. The van der Waals surface area contributed by atoms with Crippen molar-refractivity contribution in [2.75, 3.05) is 11.9 Å².